The van der Waals surface area contributed by atoms with E-state index in [4.69, 9.17) is 9.47 Å². The van der Waals surface area contributed by atoms with Crippen LogP contribution in [0.15, 0.2) is 0 Å². The summed E-state index contributed by atoms with van der Waals surface area (Å²) in [6.07, 6.45) is 10.4. The van der Waals surface area contributed by atoms with Gasteiger partial charge in [-0.3, -0.25) is 0 Å². The number of nitrogens with one attached hydrogen (secondary N) is 1. The van der Waals surface area contributed by atoms with Crippen molar-refractivity contribution in [1.29, 1.82) is 0 Å². The molecule has 2 aliphatic carbocycles. The molecular formula is C15H27NO2. The zero-order chi connectivity index (χ0) is 12.2. The number of hydrogen-bond acceptors (Lipinski definition) is 3. The summed E-state index contributed by atoms with van der Waals surface area (Å²) >= 11 is 0. The summed E-state index contributed by atoms with van der Waals surface area (Å²) in [5.41, 5.74) is 0. The Morgan fingerprint density at radius 1 is 0.944 bits per heavy atom. The van der Waals surface area contributed by atoms with Crippen LogP contribution in [0.1, 0.15) is 44.9 Å². The Morgan fingerprint density at radius 2 is 1.83 bits per heavy atom. The molecule has 4 atom stereocenters. The van der Waals surface area contributed by atoms with Crippen molar-refractivity contribution in [3.05, 3.63) is 0 Å². The van der Waals surface area contributed by atoms with Crippen molar-refractivity contribution in [2.24, 2.45) is 11.8 Å². The summed E-state index contributed by atoms with van der Waals surface area (Å²) in [6, 6.07) is 0.731. The predicted octanol–water partition coefficient (Wildman–Crippen LogP) is 2.35. The van der Waals surface area contributed by atoms with E-state index in [1.807, 2.05) is 0 Å². The Bertz CT molecular complexity index is 253. The molecule has 1 heterocycles. The molecule has 3 fully saturated rings. The fraction of sp³-hybridized carbons (Fsp3) is 1.00. The lowest BCUT2D eigenvalue weighted by Crippen LogP contribution is -2.44. The highest BCUT2D eigenvalue weighted by Crippen LogP contribution is 2.40. The third-order valence-corrected chi connectivity index (χ3v) is 5.06. The molecular weight excluding hydrogens is 226 g/mol. The van der Waals surface area contributed by atoms with Gasteiger partial charge in [0.15, 0.2) is 0 Å². The van der Waals surface area contributed by atoms with Crippen molar-refractivity contribution in [2.45, 2.75) is 57.1 Å². The maximum absolute atomic E-state index is 5.69. The fourth-order valence-corrected chi connectivity index (χ4v) is 4.01. The Kier molecular flexibility index (Phi) is 4.55. The van der Waals surface area contributed by atoms with Gasteiger partial charge in [0.25, 0.3) is 0 Å². The summed E-state index contributed by atoms with van der Waals surface area (Å²) in [4.78, 5) is 0. The van der Waals surface area contributed by atoms with Gasteiger partial charge in [0.1, 0.15) is 0 Å². The normalized spacial score (nSPS) is 41.3. The Labute approximate surface area is 111 Å². The molecule has 0 aromatic heterocycles. The van der Waals surface area contributed by atoms with E-state index >= 15 is 0 Å². The SMILES string of the molecule is C1CCC2CC(NCC3COCCO3)CCC2C1. The van der Waals surface area contributed by atoms with Crippen LogP contribution in [0.3, 0.4) is 0 Å². The van der Waals surface area contributed by atoms with Gasteiger partial charge < -0.3 is 14.8 Å². The lowest BCUT2D eigenvalue weighted by atomic mass is 9.69. The Hall–Kier alpha value is -0.120. The molecule has 1 aliphatic heterocycles. The van der Waals surface area contributed by atoms with Gasteiger partial charge in [0, 0.05) is 12.6 Å². The van der Waals surface area contributed by atoms with Gasteiger partial charge in [-0.2, -0.15) is 0 Å². The van der Waals surface area contributed by atoms with E-state index in [-0.39, 0.29) is 6.10 Å². The monoisotopic (exact) mass is 253 g/mol. The van der Waals surface area contributed by atoms with Gasteiger partial charge in [-0.1, -0.05) is 25.7 Å². The van der Waals surface area contributed by atoms with Crippen molar-refractivity contribution in [3.63, 3.8) is 0 Å². The molecule has 0 bridgehead atoms. The minimum atomic E-state index is 0.280. The molecule has 3 aliphatic rings. The molecule has 0 amide bonds. The molecule has 4 unspecified atom stereocenters. The summed E-state index contributed by atoms with van der Waals surface area (Å²) < 4.78 is 11.1. The second-order valence-corrected chi connectivity index (χ2v) is 6.29. The lowest BCUT2D eigenvalue weighted by Gasteiger charge is -2.40. The van der Waals surface area contributed by atoms with Gasteiger partial charge in [-0.25, -0.2) is 0 Å². The van der Waals surface area contributed by atoms with Gasteiger partial charge >= 0.3 is 0 Å². The first-order valence-electron chi connectivity index (χ1n) is 7.84. The minimum absolute atomic E-state index is 0.280. The minimum Gasteiger partial charge on any atom is -0.376 e. The number of rotatable bonds is 3. The fourth-order valence-electron chi connectivity index (χ4n) is 4.01. The highest BCUT2D eigenvalue weighted by Gasteiger charge is 2.32. The first-order chi connectivity index (χ1) is 8.92. The van der Waals surface area contributed by atoms with Crippen LogP contribution in [0.4, 0.5) is 0 Å². The summed E-state index contributed by atoms with van der Waals surface area (Å²) in [6.45, 7) is 3.28. The molecule has 0 spiro atoms. The summed E-state index contributed by atoms with van der Waals surface area (Å²) in [5, 5.41) is 3.72. The van der Waals surface area contributed by atoms with E-state index in [2.05, 4.69) is 5.32 Å². The largest absolute Gasteiger partial charge is 0.376 e. The third kappa shape index (κ3) is 3.25. The maximum Gasteiger partial charge on any atom is 0.0933 e. The second kappa shape index (κ2) is 6.36. The highest BCUT2D eigenvalue weighted by molar-refractivity contribution is 4.86. The molecule has 0 aromatic carbocycles. The van der Waals surface area contributed by atoms with Crippen molar-refractivity contribution in [3.8, 4) is 0 Å². The molecule has 3 heteroatoms. The molecule has 2 saturated carbocycles. The van der Waals surface area contributed by atoms with Crippen LogP contribution < -0.4 is 5.32 Å². The van der Waals surface area contributed by atoms with Crippen molar-refractivity contribution in [2.75, 3.05) is 26.4 Å². The van der Waals surface area contributed by atoms with E-state index in [9.17, 15) is 0 Å². The van der Waals surface area contributed by atoms with Crippen LogP contribution in [0.2, 0.25) is 0 Å². The maximum atomic E-state index is 5.69. The molecule has 1 saturated heterocycles. The quantitative estimate of drug-likeness (QED) is 0.837. The molecule has 104 valence electrons. The van der Waals surface area contributed by atoms with E-state index in [0.717, 1.165) is 44.2 Å². The average molecular weight is 253 g/mol. The smallest absolute Gasteiger partial charge is 0.0933 e. The Balaban J connectivity index is 1.40. The molecule has 0 radical (unpaired) electrons. The Morgan fingerprint density at radius 3 is 2.67 bits per heavy atom. The van der Waals surface area contributed by atoms with Crippen LogP contribution in [0.25, 0.3) is 0 Å². The standard InChI is InChI=1S/C15H27NO2/c1-2-4-13-9-14(6-5-12(13)3-1)16-10-15-11-17-7-8-18-15/h12-16H,1-11H2. The number of ether oxygens (including phenoxy) is 2. The van der Waals surface area contributed by atoms with Crippen LogP contribution in [0, 0.1) is 11.8 Å². The molecule has 0 aromatic rings. The highest BCUT2D eigenvalue weighted by atomic mass is 16.6. The van der Waals surface area contributed by atoms with Crippen molar-refractivity contribution < 1.29 is 9.47 Å². The summed E-state index contributed by atoms with van der Waals surface area (Å²) in [7, 11) is 0. The zero-order valence-corrected chi connectivity index (χ0v) is 11.4. The lowest BCUT2D eigenvalue weighted by molar-refractivity contribution is -0.0876. The third-order valence-electron chi connectivity index (χ3n) is 5.06. The molecule has 18 heavy (non-hydrogen) atoms. The van der Waals surface area contributed by atoms with Crippen molar-refractivity contribution in [1.82, 2.24) is 5.32 Å². The van der Waals surface area contributed by atoms with Gasteiger partial charge in [0.2, 0.25) is 0 Å². The van der Waals surface area contributed by atoms with Crippen molar-refractivity contribution >= 4 is 0 Å². The first kappa shape index (κ1) is 12.9. The van der Waals surface area contributed by atoms with Crippen LogP contribution in [-0.4, -0.2) is 38.5 Å². The van der Waals surface area contributed by atoms with Gasteiger partial charge in [0.05, 0.1) is 25.9 Å². The molecule has 3 rings (SSSR count). The average Bonchev–Trinajstić information content (AvgIpc) is 2.46. The van der Waals surface area contributed by atoms with E-state index in [1.54, 1.807) is 0 Å². The first-order valence-corrected chi connectivity index (χ1v) is 7.84. The van der Waals surface area contributed by atoms with E-state index < -0.39 is 0 Å². The molecule has 1 N–H and O–H groups in total. The zero-order valence-electron chi connectivity index (χ0n) is 11.4. The van der Waals surface area contributed by atoms with Gasteiger partial charge in [-0.15, -0.1) is 0 Å². The van der Waals surface area contributed by atoms with Crippen LogP contribution in [-0.2, 0) is 9.47 Å². The second-order valence-electron chi connectivity index (χ2n) is 6.29. The van der Waals surface area contributed by atoms with Crippen LogP contribution >= 0.6 is 0 Å². The van der Waals surface area contributed by atoms with E-state index in [1.165, 1.54) is 44.9 Å². The van der Waals surface area contributed by atoms with E-state index in [0.29, 0.717) is 0 Å². The topological polar surface area (TPSA) is 30.5 Å². The molecule has 3 nitrogen and oxygen atoms in total. The predicted molar refractivity (Wildman–Crippen MR) is 71.6 cm³/mol. The summed E-state index contributed by atoms with van der Waals surface area (Å²) in [5.74, 6) is 2.06. The number of fused-ring (bicyclic) bond motifs is 1. The van der Waals surface area contributed by atoms with Gasteiger partial charge in [-0.05, 0) is 31.1 Å². The van der Waals surface area contributed by atoms with Crippen LogP contribution in [0.5, 0.6) is 0 Å². The number of hydrogen-bond donors (Lipinski definition) is 1.